The van der Waals surface area contributed by atoms with E-state index in [0.717, 1.165) is 33.2 Å². The van der Waals surface area contributed by atoms with E-state index in [1.807, 2.05) is 36.4 Å². The average molecular weight is 276 g/mol. The first-order valence-electron chi connectivity index (χ1n) is 6.71. The average Bonchev–Trinajstić information content (AvgIpc) is 2.98. The third-order valence-corrected chi connectivity index (χ3v) is 3.98. The summed E-state index contributed by atoms with van der Waals surface area (Å²) in [6.07, 6.45) is 1.97. The Morgan fingerprint density at radius 3 is 2.57 bits per heavy atom. The van der Waals surface area contributed by atoms with Gasteiger partial charge in [0.15, 0.2) is 5.78 Å². The molecule has 0 aliphatic heterocycles. The molecule has 1 amide bonds. The van der Waals surface area contributed by atoms with Crippen LogP contribution in [-0.2, 0) is 11.2 Å². The molecule has 0 unspecified atom stereocenters. The van der Waals surface area contributed by atoms with Crippen molar-refractivity contribution >= 4 is 22.6 Å². The van der Waals surface area contributed by atoms with Gasteiger partial charge in [0.05, 0.1) is 6.42 Å². The first-order chi connectivity index (χ1) is 10.1. The molecule has 4 heteroatoms. The molecule has 2 aromatic carbocycles. The fraction of sp³-hybridized carbons (Fsp3) is 0.0588. The van der Waals surface area contributed by atoms with Gasteiger partial charge in [0, 0.05) is 28.2 Å². The number of carbonyl (C=O) groups is 2. The molecule has 4 rings (SSSR count). The highest BCUT2D eigenvalue weighted by Crippen LogP contribution is 2.39. The number of hydrogen-bond acceptors (Lipinski definition) is 2. The van der Waals surface area contributed by atoms with Gasteiger partial charge >= 0.3 is 0 Å². The number of primary amides is 1. The second kappa shape index (κ2) is 4.06. The molecule has 0 bridgehead atoms. The Labute approximate surface area is 120 Å². The van der Waals surface area contributed by atoms with E-state index >= 15 is 0 Å². The highest BCUT2D eigenvalue weighted by molar-refractivity contribution is 6.23. The summed E-state index contributed by atoms with van der Waals surface area (Å²) in [7, 11) is 0. The Kier molecular flexibility index (Phi) is 2.30. The molecular weight excluding hydrogens is 264 g/mol. The molecule has 0 saturated heterocycles. The van der Waals surface area contributed by atoms with Gasteiger partial charge in [-0.3, -0.25) is 9.59 Å². The molecule has 1 heterocycles. The van der Waals surface area contributed by atoms with Crippen LogP contribution in [0.15, 0.2) is 42.6 Å². The lowest BCUT2D eigenvalue weighted by molar-refractivity contribution is -0.117. The van der Waals surface area contributed by atoms with E-state index in [4.69, 9.17) is 5.73 Å². The van der Waals surface area contributed by atoms with Gasteiger partial charge in [-0.2, -0.15) is 0 Å². The van der Waals surface area contributed by atoms with Crippen LogP contribution in [0.3, 0.4) is 0 Å². The van der Waals surface area contributed by atoms with Crippen molar-refractivity contribution in [3.05, 3.63) is 59.3 Å². The zero-order valence-electron chi connectivity index (χ0n) is 11.1. The lowest BCUT2D eigenvalue weighted by Gasteiger charge is -2.02. The molecule has 21 heavy (non-hydrogen) atoms. The molecule has 0 radical (unpaired) electrons. The van der Waals surface area contributed by atoms with Crippen molar-refractivity contribution in [3.8, 4) is 11.1 Å². The van der Waals surface area contributed by atoms with Crippen LogP contribution in [-0.4, -0.2) is 16.7 Å². The van der Waals surface area contributed by atoms with Gasteiger partial charge in [-0.25, -0.2) is 0 Å². The number of benzene rings is 2. The van der Waals surface area contributed by atoms with Crippen LogP contribution < -0.4 is 5.73 Å². The number of fused-ring (bicyclic) bond motifs is 4. The number of ketones is 1. The maximum Gasteiger partial charge on any atom is 0.221 e. The summed E-state index contributed by atoms with van der Waals surface area (Å²) < 4.78 is 0. The predicted octanol–water partition coefficient (Wildman–Crippen LogP) is 2.41. The fourth-order valence-electron chi connectivity index (χ4n) is 3.03. The molecule has 0 atom stereocenters. The molecular formula is C17H12N2O2. The summed E-state index contributed by atoms with van der Waals surface area (Å²) in [4.78, 5) is 26.7. The van der Waals surface area contributed by atoms with Crippen molar-refractivity contribution < 1.29 is 9.59 Å². The Morgan fingerprint density at radius 2 is 1.81 bits per heavy atom. The van der Waals surface area contributed by atoms with Crippen LogP contribution in [0.25, 0.3) is 22.0 Å². The molecule has 0 saturated carbocycles. The zero-order valence-corrected chi connectivity index (χ0v) is 11.1. The lowest BCUT2D eigenvalue weighted by Crippen LogP contribution is -2.13. The Hall–Kier alpha value is -2.88. The van der Waals surface area contributed by atoms with Gasteiger partial charge in [-0.15, -0.1) is 0 Å². The van der Waals surface area contributed by atoms with Crippen molar-refractivity contribution in [2.45, 2.75) is 6.42 Å². The van der Waals surface area contributed by atoms with Gasteiger partial charge < -0.3 is 10.7 Å². The van der Waals surface area contributed by atoms with Gasteiger partial charge in [0.2, 0.25) is 5.91 Å². The largest absolute Gasteiger partial charge is 0.369 e. The normalized spacial score (nSPS) is 12.5. The SMILES string of the molecule is NC(=O)Cc1c[nH]c2cc3c(cc12)-c1ccccc1C3=O. The minimum atomic E-state index is -0.368. The summed E-state index contributed by atoms with van der Waals surface area (Å²) >= 11 is 0. The van der Waals surface area contributed by atoms with Crippen molar-refractivity contribution in [2.24, 2.45) is 5.73 Å². The number of rotatable bonds is 2. The fourth-order valence-corrected chi connectivity index (χ4v) is 3.03. The summed E-state index contributed by atoms with van der Waals surface area (Å²) in [6.45, 7) is 0. The predicted molar refractivity (Wildman–Crippen MR) is 80.1 cm³/mol. The molecule has 0 spiro atoms. The first kappa shape index (κ1) is 11.9. The standard InChI is InChI=1S/C17H12N2O2/c18-16(20)5-9-8-19-15-7-14-13(6-12(9)15)10-3-1-2-4-11(10)17(14)21/h1-4,6-8,19H,5H2,(H2,18,20). The third kappa shape index (κ3) is 1.62. The van der Waals surface area contributed by atoms with E-state index < -0.39 is 0 Å². The number of amides is 1. The monoisotopic (exact) mass is 276 g/mol. The zero-order chi connectivity index (χ0) is 14.6. The highest BCUT2D eigenvalue weighted by atomic mass is 16.1. The maximum absolute atomic E-state index is 12.4. The number of nitrogens with two attached hydrogens (primary N) is 1. The summed E-state index contributed by atoms with van der Waals surface area (Å²) in [5.74, 6) is -0.318. The van der Waals surface area contributed by atoms with Crippen molar-refractivity contribution in [2.75, 3.05) is 0 Å². The minimum Gasteiger partial charge on any atom is -0.369 e. The van der Waals surface area contributed by atoms with E-state index in [9.17, 15) is 9.59 Å². The molecule has 3 aromatic rings. The molecule has 1 aliphatic carbocycles. The number of nitrogens with one attached hydrogen (secondary N) is 1. The smallest absolute Gasteiger partial charge is 0.221 e. The second-order valence-electron chi connectivity index (χ2n) is 5.28. The van der Waals surface area contributed by atoms with Gasteiger partial charge in [0.1, 0.15) is 0 Å². The van der Waals surface area contributed by atoms with Crippen molar-refractivity contribution in [1.29, 1.82) is 0 Å². The van der Waals surface area contributed by atoms with E-state index in [0.29, 0.717) is 5.56 Å². The summed E-state index contributed by atoms with van der Waals surface area (Å²) in [5, 5.41) is 0.942. The molecule has 102 valence electrons. The lowest BCUT2D eigenvalue weighted by atomic mass is 10.0. The second-order valence-corrected chi connectivity index (χ2v) is 5.28. The van der Waals surface area contributed by atoms with Gasteiger partial charge in [-0.05, 0) is 28.8 Å². The molecule has 1 aromatic heterocycles. The maximum atomic E-state index is 12.4. The van der Waals surface area contributed by atoms with Crippen LogP contribution in [0.4, 0.5) is 0 Å². The van der Waals surface area contributed by atoms with Crippen LogP contribution in [0.2, 0.25) is 0 Å². The van der Waals surface area contributed by atoms with Gasteiger partial charge in [0.25, 0.3) is 0 Å². The highest BCUT2D eigenvalue weighted by Gasteiger charge is 2.27. The van der Waals surface area contributed by atoms with Crippen LogP contribution in [0.1, 0.15) is 21.5 Å². The summed E-state index contributed by atoms with van der Waals surface area (Å²) in [6, 6.07) is 11.4. The third-order valence-electron chi connectivity index (χ3n) is 3.98. The van der Waals surface area contributed by atoms with Crippen LogP contribution in [0, 0.1) is 0 Å². The number of aromatic nitrogens is 1. The van der Waals surface area contributed by atoms with Crippen molar-refractivity contribution in [3.63, 3.8) is 0 Å². The van der Waals surface area contributed by atoms with Gasteiger partial charge in [-0.1, -0.05) is 24.3 Å². The Balaban J connectivity index is 1.99. The van der Waals surface area contributed by atoms with Crippen molar-refractivity contribution in [1.82, 2.24) is 4.98 Å². The number of hydrogen-bond donors (Lipinski definition) is 2. The quantitative estimate of drug-likeness (QED) is 0.590. The molecule has 4 nitrogen and oxygen atoms in total. The van der Waals surface area contributed by atoms with E-state index in [-0.39, 0.29) is 18.1 Å². The van der Waals surface area contributed by atoms with Crippen LogP contribution in [0.5, 0.6) is 0 Å². The minimum absolute atomic E-state index is 0.0496. The first-order valence-corrected chi connectivity index (χ1v) is 6.71. The van der Waals surface area contributed by atoms with E-state index in [2.05, 4.69) is 4.98 Å². The van der Waals surface area contributed by atoms with E-state index in [1.165, 1.54) is 0 Å². The number of H-pyrrole nitrogens is 1. The molecule has 0 fully saturated rings. The number of aromatic amines is 1. The molecule has 3 N–H and O–H groups in total. The summed E-state index contributed by atoms with van der Waals surface area (Å²) in [5.41, 5.74) is 10.3. The van der Waals surface area contributed by atoms with Crippen LogP contribution >= 0.6 is 0 Å². The molecule has 1 aliphatic rings. The topological polar surface area (TPSA) is 76.0 Å². The Morgan fingerprint density at radius 1 is 1.05 bits per heavy atom. The number of carbonyl (C=O) groups excluding carboxylic acids is 2. The van der Waals surface area contributed by atoms with E-state index in [1.54, 1.807) is 6.20 Å². The Bertz CT molecular complexity index is 922.